The normalized spacial score (nSPS) is 16.4. The molecule has 0 aliphatic carbocycles. The van der Waals surface area contributed by atoms with Gasteiger partial charge in [0.05, 0.1) is 11.7 Å². The van der Waals surface area contributed by atoms with E-state index in [0.717, 1.165) is 42.4 Å². The van der Waals surface area contributed by atoms with Crippen LogP contribution in [0.5, 0.6) is 0 Å². The third-order valence-electron chi connectivity index (χ3n) is 3.46. The summed E-state index contributed by atoms with van der Waals surface area (Å²) in [5.41, 5.74) is 1.75. The molecule has 18 heavy (non-hydrogen) atoms. The molecule has 2 N–H and O–H groups in total. The first kappa shape index (κ1) is 13.1. The Balaban J connectivity index is 0.00000120. The molecule has 2 aromatic rings. The number of carbonyl (C=O) groups excluding carboxylic acids is 1. The standard InChI is InChI=1S/C13H15N3O.ClH/c17-13(9-1-4-14-5-2-9)11-7-16-12-8-15-6-3-10(11)12;/h3,6-9,14,16H,1-2,4-5H2;1H. The Labute approximate surface area is 112 Å². The maximum Gasteiger partial charge on any atom is 0.168 e. The summed E-state index contributed by atoms with van der Waals surface area (Å²) in [5, 5.41) is 4.27. The van der Waals surface area contributed by atoms with E-state index in [0.29, 0.717) is 0 Å². The number of carbonyl (C=O) groups is 1. The molecule has 2 aromatic heterocycles. The zero-order valence-corrected chi connectivity index (χ0v) is 10.8. The summed E-state index contributed by atoms with van der Waals surface area (Å²) < 4.78 is 0. The van der Waals surface area contributed by atoms with Crippen molar-refractivity contribution in [3.63, 3.8) is 0 Å². The molecule has 3 rings (SSSR count). The van der Waals surface area contributed by atoms with Crippen molar-refractivity contribution in [2.75, 3.05) is 13.1 Å². The van der Waals surface area contributed by atoms with Crippen LogP contribution in [0.4, 0.5) is 0 Å². The molecular formula is C13H16ClN3O. The van der Waals surface area contributed by atoms with Crippen LogP contribution in [0.3, 0.4) is 0 Å². The first-order valence-electron chi connectivity index (χ1n) is 6.02. The van der Waals surface area contributed by atoms with Crippen molar-refractivity contribution < 1.29 is 4.79 Å². The van der Waals surface area contributed by atoms with Gasteiger partial charge in [0.2, 0.25) is 0 Å². The lowest BCUT2D eigenvalue weighted by atomic mass is 9.90. The highest BCUT2D eigenvalue weighted by molar-refractivity contribution is 6.08. The Kier molecular flexibility index (Phi) is 3.99. The predicted molar refractivity (Wildman–Crippen MR) is 73.3 cm³/mol. The van der Waals surface area contributed by atoms with Crippen molar-refractivity contribution in [2.45, 2.75) is 12.8 Å². The molecule has 4 nitrogen and oxygen atoms in total. The van der Waals surface area contributed by atoms with E-state index in [1.807, 2.05) is 12.3 Å². The summed E-state index contributed by atoms with van der Waals surface area (Å²) in [6.45, 7) is 1.89. The van der Waals surface area contributed by atoms with Crippen molar-refractivity contribution in [1.29, 1.82) is 0 Å². The first-order chi connectivity index (χ1) is 8.36. The number of H-pyrrole nitrogens is 1. The van der Waals surface area contributed by atoms with Crippen molar-refractivity contribution in [2.24, 2.45) is 5.92 Å². The number of piperidine rings is 1. The second-order valence-corrected chi connectivity index (χ2v) is 4.51. The van der Waals surface area contributed by atoms with Gasteiger partial charge in [-0.15, -0.1) is 12.4 Å². The number of nitrogens with zero attached hydrogens (tertiary/aromatic N) is 1. The van der Waals surface area contributed by atoms with Crippen LogP contribution in [-0.4, -0.2) is 28.8 Å². The molecule has 1 aliphatic heterocycles. The van der Waals surface area contributed by atoms with Crippen LogP contribution < -0.4 is 5.32 Å². The molecule has 0 aromatic carbocycles. The number of nitrogens with one attached hydrogen (secondary N) is 2. The quantitative estimate of drug-likeness (QED) is 0.818. The lowest BCUT2D eigenvalue weighted by molar-refractivity contribution is 0.0897. The van der Waals surface area contributed by atoms with Gasteiger partial charge in [0, 0.05) is 29.3 Å². The first-order valence-corrected chi connectivity index (χ1v) is 6.02. The van der Waals surface area contributed by atoms with Gasteiger partial charge in [0.15, 0.2) is 5.78 Å². The largest absolute Gasteiger partial charge is 0.359 e. The number of Topliss-reactive ketones (excluding diaryl/α,β-unsaturated/α-hetero) is 1. The van der Waals surface area contributed by atoms with Crippen molar-refractivity contribution in [3.05, 3.63) is 30.2 Å². The zero-order valence-electron chi connectivity index (χ0n) is 9.98. The minimum Gasteiger partial charge on any atom is -0.359 e. The van der Waals surface area contributed by atoms with Gasteiger partial charge < -0.3 is 10.3 Å². The van der Waals surface area contributed by atoms with Crippen LogP contribution in [0, 0.1) is 5.92 Å². The third-order valence-corrected chi connectivity index (χ3v) is 3.46. The summed E-state index contributed by atoms with van der Waals surface area (Å²) in [6, 6.07) is 1.90. The number of ketones is 1. The second-order valence-electron chi connectivity index (χ2n) is 4.51. The fraction of sp³-hybridized carbons (Fsp3) is 0.385. The number of pyridine rings is 1. The van der Waals surface area contributed by atoms with Crippen LogP contribution in [0.2, 0.25) is 0 Å². The van der Waals surface area contributed by atoms with Crippen LogP contribution in [0.25, 0.3) is 10.9 Å². The van der Waals surface area contributed by atoms with E-state index in [2.05, 4.69) is 15.3 Å². The van der Waals surface area contributed by atoms with Gasteiger partial charge in [0.25, 0.3) is 0 Å². The molecule has 1 saturated heterocycles. The number of rotatable bonds is 2. The monoisotopic (exact) mass is 265 g/mol. The van der Waals surface area contributed by atoms with Gasteiger partial charge >= 0.3 is 0 Å². The van der Waals surface area contributed by atoms with E-state index >= 15 is 0 Å². The molecule has 3 heterocycles. The summed E-state index contributed by atoms with van der Waals surface area (Å²) in [5.74, 6) is 0.437. The Morgan fingerprint density at radius 2 is 2.11 bits per heavy atom. The number of halogens is 1. The van der Waals surface area contributed by atoms with Crippen LogP contribution in [-0.2, 0) is 0 Å². The number of fused-ring (bicyclic) bond motifs is 1. The van der Waals surface area contributed by atoms with Gasteiger partial charge in [-0.2, -0.15) is 0 Å². The molecule has 0 radical (unpaired) electrons. The third kappa shape index (κ3) is 2.26. The molecule has 1 aliphatic rings. The van der Waals surface area contributed by atoms with Gasteiger partial charge in [-0.25, -0.2) is 0 Å². The molecule has 0 spiro atoms. The highest BCUT2D eigenvalue weighted by Crippen LogP contribution is 2.23. The van der Waals surface area contributed by atoms with Gasteiger partial charge in [0.1, 0.15) is 0 Å². The summed E-state index contributed by atoms with van der Waals surface area (Å²) in [6.07, 6.45) is 7.19. The lowest BCUT2D eigenvalue weighted by Crippen LogP contribution is -2.31. The fourth-order valence-electron chi connectivity index (χ4n) is 2.48. The van der Waals surface area contributed by atoms with Crippen molar-refractivity contribution in [3.8, 4) is 0 Å². The molecular weight excluding hydrogens is 250 g/mol. The van der Waals surface area contributed by atoms with E-state index in [-0.39, 0.29) is 24.1 Å². The Hall–Kier alpha value is -1.39. The molecule has 96 valence electrons. The van der Waals surface area contributed by atoms with E-state index in [1.165, 1.54) is 0 Å². The van der Waals surface area contributed by atoms with Gasteiger partial charge in [-0.3, -0.25) is 9.78 Å². The fourth-order valence-corrected chi connectivity index (χ4v) is 2.48. The Morgan fingerprint density at radius 3 is 2.89 bits per heavy atom. The maximum atomic E-state index is 12.4. The Morgan fingerprint density at radius 1 is 1.33 bits per heavy atom. The van der Waals surface area contributed by atoms with Gasteiger partial charge in [-0.05, 0) is 32.0 Å². The average molecular weight is 266 g/mol. The molecule has 0 atom stereocenters. The topological polar surface area (TPSA) is 57.8 Å². The molecule has 0 unspecified atom stereocenters. The molecule has 0 saturated carbocycles. The maximum absolute atomic E-state index is 12.4. The van der Waals surface area contributed by atoms with E-state index in [1.54, 1.807) is 12.4 Å². The van der Waals surface area contributed by atoms with Crippen LogP contribution in [0.1, 0.15) is 23.2 Å². The van der Waals surface area contributed by atoms with E-state index in [9.17, 15) is 4.79 Å². The SMILES string of the molecule is Cl.O=C(c1c[nH]c2cnccc12)C1CCNCC1. The predicted octanol–water partition coefficient (Wildman–Crippen LogP) is 2.17. The lowest BCUT2D eigenvalue weighted by Gasteiger charge is -2.21. The molecule has 1 fully saturated rings. The summed E-state index contributed by atoms with van der Waals surface area (Å²) >= 11 is 0. The number of aromatic nitrogens is 2. The highest BCUT2D eigenvalue weighted by Gasteiger charge is 2.24. The number of aromatic amines is 1. The summed E-state index contributed by atoms with van der Waals surface area (Å²) in [4.78, 5) is 19.6. The number of hydrogen-bond donors (Lipinski definition) is 2. The Bertz CT molecular complexity index is 546. The van der Waals surface area contributed by atoms with Gasteiger partial charge in [-0.1, -0.05) is 0 Å². The molecule has 5 heteroatoms. The van der Waals surface area contributed by atoms with Crippen LogP contribution in [0.15, 0.2) is 24.7 Å². The van der Waals surface area contributed by atoms with Crippen molar-refractivity contribution >= 4 is 29.1 Å². The smallest absolute Gasteiger partial charge is 0.168 e. The minimum atomic E-state index is 0. The highest BCUT2D eigenvalue weighted by atomic mass is 35.5. The second kappa shape index (κ2) is 5.50. The molecule has 0 bridgehead atoms. The summed E-state index contributed by atoms with van der Waals surface area (Å²) in [7, 11) is 0. The van der Waals surface area contributed by atoms with Crippen molar-refractivity contribution in [1.82, 2.24) is 15.3 Å². The average Bonchev–Trinajstić information content (AvgIpc) is 2.83. The van der Waals surface area contributed by atoms with E-state index in [4.69, 9.17) is 0 Å². The van der Waals surface area contributed by atoms with E-state index < -0.39 is 0 Å². The van der Waals surface area contributed by atoms with Crippen LogP contribution >= 0.6 is 12.4 Å². The zero-order chi connectivity index (χ0) is 11.7. The number of hydrogen-bond acceptors (Lipinski definition) is 3. The minimum absolute atomic E-state index is 0. The molecule has 0 amide bonds.